The smallest absolute Gasteiger partial charge is 0.0105 e. The highest BCUT2D eigenvalue weighted by atomic mass is 14.0. The van der Waals surface area contributed by atoms with Crippen LogP contribution >= 0.6 is 0 Å². The van der Waals surface area contributed by atoms with E-state index in [9.17, 15) is 0 Å². The molecule has 0 aromatic heterocycles. The second-order valence-corrected chi connectivity index (χ2v) is 7.02. The molecule has 0 nitrogen and oxygen atoms in total. The molecule has 0 aliphatic rings. The van der Waals surface area contributed by atoms with Gasteiger partial charge < -0.3 is 0 Å². The lowest BCUT2D eigenvalue weighted by atomic mass is 10.0. The molecule has 0 heteroatoms. The van der Waals surface area contributed by atoms with Crippen LogP contribution in [0.25, 0.3) is 43.1 Å². The van der Waals surface area contributed by atoms with Gasteiger partial charge in [0.2, 0.25) is 0 Å². The number of hydrogen-bond acceptors (Lipinski definition) is 0. The van der Waals surface area contributed by atoms with E-state index in [1.54, 1.807) is 0 Å². The summed E-state index contributed by atoms with van der Waals surface area (Å²) in [6.07, 6.45) is 0. The van der Waals surface area contributed by atoms with Gasteiger partial charge in [-0.3, -0.25) is 0 Å². The van der Waals surface area contributed by atoms with Crippen molar-refractivity contribution >= 4 is 43.1 Å². The second-order valence-electron chi connectivity index (χ2n) is 7.02. The van der Waals surface area contributed by atoms with E-state index in [2.05, 4.69) is 121 Å². The van der Waals surface area contributed by atoms with Gasteiger partial charge in [-0.25, -0.2) is 0 Å². The third-order valence-corrected chi connectivity index (χ3v) is 5.31. The van der Waals surface area contributed by atoms with Crippen molar-refractivity contribution in [3.8, 4) is 0 Å². The first-order valence-corrected chi connectivity index (χ1v) is 11.6. The van der Waals surface area contributed by atoms with E-state index in [1.807, 2.05) is 27.7 Å². The fraction of sp³-hybridized carbons (Fsp3) is 0.176. The molecule has 0 aliphatic heterocycles. The van der Waals surface area contributed by atoms with Crippen molar-refractivity contribution in [1.29, 1.82) is 0 Å². The number of fused-ring (bicyclic) bond motifs is 6. The van der Waals surface area contributed by atoms with Crippen LogP contribution in [-0.2, 0) is 0 Å². The molecule has 0 radical (unpaired) electrons. The summed E-state index contributed by atoms with van der Waals surface area (Å²) in [5.74, 6) is 0. The first-order chi connectivity index (χ1) is 15.9. The molecule has 6 aromatic carbocycles. The Bertz CT molecular complexity index is 1190. The van der Waals surface area contributed by atoms with E-state index in [-0.39, 0.29) is 14.9 Å². The topological polar surface area (TPSA) is 0 Å². The lowest BCUT2D eigenvalue weighted by Gasteiger charge is -2.02. The Kier molecular flexibility index (Phi) is 12.1. The third kappa shape index (κ3) is 6.23. The first kappa shape index (κ1) is 28.4. The standard InChI is InChI=1S/2C14H10.2C2H6.2CH4/c2*1-3-7-13-11(5-1)9-10-12-6-2-4-8-14(12)13;2*1-2;;/h2*1-10H;2*1-2H3;2*1H4. The fourth-order valence-corrected chi connectivity index (χ4v) is 3.91. The Morgan fingerprint density at radius 3 is 0.647 bits per heavy atom. The molecule has 0 amide bonds. The van der Waals surface area contributed by atoms with Gasteiger partial charge in [0.1, 0.15) is 0 Å². The minimum Gasteiger partial charge on any atom is -0.0776 e. The van der Waals surface area contributed by atoms with Crippen molar-refractivity contribution in [2.24, 2.45) is 0 Å². The minimum absolute atomic E-state index is 0. The molecule has 176 valence electrons. The molecular formula is C34H40. The van der Waals surface area contributed by atoms with Crippen LogP contribution in [0.4, 0.5) is 0 Å². The van der Waals surface area contributed by atoms with Gasteiger partial charge >= 0.3 is 0 Å². The molecular weight excluding hydrogens is 408 g/mol. The Morgan fingerprint density at radius 1 is 0.265 bits per heavy atom. The van der Waals surface area contributed by atoms with Crippen molar-refractivity contribution in [1.82, 2.24) is 0 Å². The van der Waals surface area contributed by atoms with Crippen molar-refractivity contribution in [3.63, 3.8) is 0 Å². The molecule has 0 N–H and O–H groups in total. The normalized spacial score (nSPS) is 9.29. The monoisotopic (exact) mass is 448 g/mol. The van der Waals surface area contributed by atoms with Crippen LogP contribution in [0.2, 0.25) is 0 Å². The summed E-state index contributed by atoms with van der Waals surface area (Å²) in [5.41, 5.74) is 0. The summed E-state index contributed by atoms with van der Waals surface area (Å²) in [4.78, 5) is 0. The van der Waals surface area contributed by atoms with Gasteiger partial charge in [0.05, 0.1) is 0 Å². The van der Waals surface area contributed by atoms with Crippen molar-refractivity contribution in [2.75, 3.05) is 0 Å². The van der Waals surface area contributed by atoms with E-state index in [4.69, 9.17) is 0 Å². The van der Waals surface area contributed by atoms with Gasteiger partial charge in [-0.2, -0.15) is 0 Å². The van der Waals surface area contributed by atoms with Crippen molar-refractivity contribution in [3.05, 3.63) is 121 Å². The fourth-order valence-electron chi connectivity index (χ4n) is 3.91. The number of hydrogen-bond donors (Lipinski definition) is 0. The van der Waals surface area contributed by atoms with Gasteiger partial charge in [0.15, 0.2) is 0 Å². The maximum Gasteiger partial charge on any atom is -0.0105 e. The molecule has 0 spiro atoms. The Balaban J connectivity index is 0.000000283. The van der Waals surface area contributed by atoms with Gasteiger partial charge in [0, 0.05) is 0 Å². The lowest BCUT2D eigenvalue weighted by Crippen LogP contribution is -1.75. The summed E-state index contributed by atoms with van der Waals surface area (Å²) in [5, 5.41) is 10.6. The van der Waals surface area contributed by atoms with Crippen LogP contribution in [0.5, 0.6) is 0 Å². The summed E-state index contributed by atoms with van der Waals surface area (Å²) < 4.78 is 0. The highest BCUT2D eigenvalue weighted by Gasteiger charge is 1.98. The Morgan fingerprint density at radius 2 is 0.441 bits per heavy atom. The van der Waals surface area contributed by atoms with Crippen molar-refractivity contribution in [2.45, 2.75) is 42.5 Å². The van der Waals surface area contributed by atoms with Crippen LogP contribution in [0.1, 0.15) is 42.5 Å². The lowest BCUT2D eigenvalue weighted by molar-refractivity contribution is 1.50. The number of benzene rings is 6. The van der Waals surface area contributed by atoms with Crippen LogP contribution in [0.3, 0.4) is 0 Å². The summed E-state index contributed by atoms with van der Waals surface area (Å²) in [7, 11) is 0. The van der Waals surface area contributed by atoms with Gasteiger partial charge in [-0.15, -0.1) is 0 Å². The van der Waals surface area contributed by atoms with E-state index >= 15 is 0 Å². The predicted molar refractivity (Wildman–Crippen MR) is 159 cm³/mol. The molecule has 0 atom stereocenters. The average Bonchev–Trinajstić information content (AvgIpc) is 2.91. The highest BCUT2D eigenvalue weighted by molar-refractivity contribution is 6.08. The summed E-state index contributed by atoms with van der Waals surface area (Å²) >= 11 is 0. The zero-order valence-corrected chi connectivity index (χ0v) is 19.5. The van der Waals surface area contributed by atoms with E-state index < -0.39 is 0 Å². The van der Waals surface area contributed by atoms with E-state index in [1.165, 1.54) is 43.1 Å². The van der Waals surface area contributed by atoms with Gasteiger partial charge in [0.25, 0.3) is 0 Å². The van der Waals surface area contributed by atoms with Crippen LogP contribution < -0.4 is 0 Å². The first-order valence-electron chi connectivity index (χ1n) is 11.6. The highest BCUT2D eigenvalue weighted by Crippen LogP contribution is 2.25. The third-order valence-electron chi connectivity index (χ3n) is 5.31. The number of rotatable bonds is 0. The zero-order valence-electron chi connectivity index (χ0n) is 19.5. The largest absolute Gasteiger partial charge is 0.0776 e. The van der Waals surface area contributed by atoms with Gasteiger partial charge in [-0.05, 0) is 43.1 Å². The molecule has 0 saturated carbocycles. The molecule has 6 rings (SSSR count). The molecule has 0 bridgehead atoms. The Labute approximate surface area is 206 Å². The molecule has 0 unspecified atom stereocenters. The average molecular weight is 449 g/mol. The van der Waals surface area contributed by atoms with Crippen LogP contribution in [-0.4, -0.2) is 0 Å². The molecule has 34 heavy (non-hydrogen) atoms. The van der Waals surface area contributed by atoms with Crippen LogP contribution in [0.15, 0.2) is 121 Å². The maximum absolute atomic E-state index is 2.18. The molecule has 0 saturated heterocycles. The van der Waals surface area contributed by atoms with Crippen molar-refractivity contribution < 1.29 is 0 Å². The van der Waals surface area contributed by atoms with E-state index in [0.717, 1.165) is 0 Å². The quantitative estimate of drug-likeness (QED) is 0.203. The summed E-state index contributed by atoms with van der Waals surface area (Å²) in [6.45, 7) is 8.00. The molecule has 0 heterocycles. The van der Waals surface area contributed by atoms with Crippen LogP contribution in [0, 0.1) is 0 Å². The predicted octanol–water partition coefficient (Wildman–Crippen LogP) is 11.3. The molecule has 0 fully saturated rings. The molecule has 6 aromatic rings. The zero-order chi connectivity index (χ0) is 22.8. The SMILES string of the molecule is C.C.CC.CC.c1ccc2c(c1)ccc1ccccc12.c1ccc2c(c1)ccc1ccccc12. The Hall–Kier alpha value is -3.64. The maximum atomic E-state index is 2.18. The van der Waals surface area contributed by atoms with E-state index in [0.29, 0.717) is 0 Å². The minimum atomic E-state index is 0. The van der Waals surface area contributed by atoms with Gasteiger partial charge in [-0.1, -0.05) is 164 Å². The molecule has 0 aliphatic carbocycles. The second kappa shape index (κ2) is 14.5. The summed E-state index contributed by atoms with van der Waals surface area (Å²) in [6, 6.07) is 42.7.